The summed E-state index contributed by atoms with van der Waals surface area (Å²) in [5.74, 6) is 1.02. The molecule has 0 heterocycles. The lowest BCUT2D eigenvalue weighted by atomic mass is 10.2. The minimum Gasteiger partial charge on any atom is -0.390 e. The van der Waals surface area contributed by atoms with E-state index >= 15 is 0 Å². The monoisotopic (exact) mass is 398 g/mol. The molecule has 0 saturated heterocycles. The maximum Gasteiger partial charge on any atom is 0.0906 e. The van der Waals surface area contributed by atoms with E-state index in [2.05, 4.69) is 62.4 Å². The molecule has 0 amide bonds. The highest BCUT2D eigenvalue weighted by atomic mass is 33.1. The molecule has 0 bridgehead atoms. The van der Waals surface area contributed by atoms with Crippen molar-refractivity contribution in [3.63, 3.8) is 0 Å². The summed E-state index contributed by atoms with van der Waals surface area (Å²) in [7, 11) is 6.40. The zero-order valence-corrected chi connectivity index (χ0v) is 17.0. The highest BCUT2D eigenvalue weighted by Crippen LogP contribution is 2.34. The van der Waals surface area contributed by atoms with Gasteiger partial charge >= 0.3 is 0 Å². The molecule has 0 aliphatic carbocycles. The van der Waals surface area contributed by atoms with Gasteiger partial charge in [0.05, 0.1) is 12.2 Å². The molecule has 2 nitrogen and oxygen atoms in total. The zero-order chi connectivity index (χ0) is 17.4. The third kappa shape index (κ3) is 7.33. The molecule has 24 heavy (non-hydrogen) atoms. The van der Waals surface area contributed by atoms with E-state index in [1.165, 1.54) is 11.1 Å². The fourth-order valence-electron chi connectivity index (χ4n) is 1.75. The van der Waals surface area contributed by atoms with E-state index in [1.807, 2.05) is 0 Å². The average Bonchev–Trinajstić information content (AvgIpc) is 2.58. The molecule has 0 spiro atoms. The van der Waals surface area contributed by atoms with Gasteiger partial charge in [-0.25, -0.2) is 0 Å². The van der Waals surface area contributed by atoms with Gasteiger partial charge in [0, 0.05) is 21.3 Å². The quantitative estimate of drug-likeness (QED) is 0.565. The molecule has 2 aromatic carbocycles. The topological polar surface area (TPSA) is 40.5 Å². The number of aliphatic hydroxyl groups excluding tert-OH is 2. The second kappa shape index (κ2) is 10.7. The maximum atomic E-state index is 10.1. The summed E-state index contributed by atoms with van der Waals surface area (Å²) in [6.45, 7) is 4.13. The van der Waals surface area contributed by atoms with Crippen LogP contribution in [0.1, 0.15) is 11.1 Å². The SMILES string of the molecule is Cc1ccc(SSC[C@@H](O)[C@@H](O)CSSc2ccc(C)cc2)cc1. The minimum absolute atomic E-state index is 0.509. The Labute approximate surface area is 160 Å². The Hall–Kier alpha value is -0.240. The highest BCUT2D eigenvalue weighted by molar-refractivity contribution is 8.77. The molecule has 0 aromatic heterocycles. The van der Waals surface area contributed by atoms with Crippen LogP contribution in [0, 0.1) is 13.8 Å². The second-order valence-corrected chi connectivity index (χ2v) is 10.3. The summed E-state index contributed by atoms with van der Waals surface area (Å²) in [5, 5.41) is 20.1. The van der Waals surface area contributed by atoms with Crippen LogP contribution in [-0.4, -0.2) is 33.9 Å². The first-order chi connectivity index (χ1) is 11.5. The van der Waals surface area contributed by atoms with Crippen LogP contribution < -0.4 is 0 Å². The predicted molar refractivity (Wildman–Crippen MR) is 111 cm³/mol. The predicted octanol–water partition coefficient (Wildman–Crippen LogP) is 5.21. The van der Waals surface area contributed by atoms with Gasteiger partial charge in [0.2, 0.25) is 0 Å². The second-order valence-electron chi connectivity index (χ2n) is 5.50. The first kappa shape index (κ1) is 20.1. The largest absolute Gasteiger partial charge is 0.390 e. The van der Waals surface area contributed by atoms with Crippen LogP contribution in [-0.2, 0) is 0 Å². The third-order valence-electron chi connectivity index (χ3n) is 3.27. The van der Waals surface area contributed by atoms with Crippen LogP contribution >= 0.6 is 43.2 Å². The van der Waals surface area contributed by atoms with Gasteiger partial charge in [0.1, 0.15) is 0 Å². The van der Waals surface area contributed by atoms with Crippen molar-refractivity contribution < 1.29 is 10.2 Å². The van der Waals surface area contributed by atoms with Gasteiger partial charge < -0.3 is 10.2 Å². The molecule has 0 aliphatic rings. The van der Waals surface area contributed by atoms with Crippen LogP contribution in [0.15, 0.2) is 58.3 Å². The molecule has 2 N–H and O–H groups in total. The number of rotatable bonds is 9. The summed E-state index contributed by atoms with van der Waals surface area (Å²) in [4.78, 5) is 2.33. The fourth-order valence-corrected chi connectivity index (χ4v) is 6.11. The minimum atomic E-state index is -0.709. The van der Waals surface area contributed by atoms with Crippen LogP contribution in [0.4, 0.5) is 0 Å². The van der Waals surface area contributed by atoms with Crippen LogP contribution in [0.25, 0.3) is 0 Å². The number of hydrogen-bond acceptors (Lipinski definition) is 6. The number of hydrogen-bond donors (Lipinski definition) is 2. The van der Waals surface area contributed by atoms with Crippen molar-refractivity contribution >= 4 is 43.2 Å². The van der Waals surface area contributed by atoms with Gasteiger partial charge in [-0.15, -0.1) is 0 Å². The standard InChI is InChI=1S/C18H22O2S4/c1-13-3-7-15(8-4-13)23-21-11-17(19)18(20)12-22-24-16-9-5-14(2)6-10-16/h3-10,17-20H,11-12H2,1-2H3/t17-,18+. The summed E-state index contributed by atoms with van der Waals surface area (Å²) in [5.41, 5.74) is 2.48. The lowest BCUT2D eigenvalue weighted by Gasteiger charge is -2.16. The lowest BCUT2D eigenvalue weighted by Crippen LogP contribution is -2.29. The van der Waals surface area contributed by atoms with Crippen molar-refractivity contribution in [2.75, 3.05) is 11.5 Å². The van der Waals surface area contributed by atoms with Crippen molar-refractivity contribution in [2.45, 2.75) is 35.8 Å². The van der Waals surface area contributed by atoms with Gasteiger partial charge in [0.15, 0.2) is 0 Å². The fraction of sp³-hybridized carbons (Fsp3) is 0.333. The first-order valence-electron chi connectivity index (χ1n) is 7.63. The van der Waals surface area contributed by atoms with Gasteiger partial charge in [-0.1, -0.05) is 78.6 Å². The zero-order valence-electron chi connectivity index (χ0n) is 13.7. The summed E-state index contributed by atoms with van der Waals surface area (Å²) < 4.78 is 0. The van der Waals surface area contributed by atoms with Crippen molar-refractivity contribution in [3.05, 3.63) is 59.7 Å². The molecule has 6 heteroatoms. The molecule has 0 radical (unpaired) electrons. The van der Waals surface area contributed by atoms with E-state index in [4.69, 9.17) is 0 Å². The average molecular weight is 399 g/mol. The van der Waals surface area contributed by atoms with Crippen LogP contribution in [0.3, 0.4) is 0 Å². The van der Waals surface area contributed by atoms with Gasteiger partial charge in [-0.2, -0.15) is 0 Å². The van der Waals surface area contributed by atoms with Crippen molar-refractivity contribution in [1.82, 2.24) is 0 Å². The van der Waals surface area contributed by atoms with E-state index in [0.29, 0.717) is 11.5 Å². The van der Waals surface area contributed by atoms with Crippen molar-refractivity contribution in [1.29, 1.82) is 0 Å². The molecule has 0 aliphatic heterocycles. The molecular formula is C18H22O2S4. The maximum absolute atomic E-state index is 10.1. The van der Waals surface area contributed by atoms with Crippen LogP contribution in [0.2, 0.25) is 0 Å². The summed E-state index contributed by atoms with van der Waals surface area (Å²) >= 11 is 0. The molecule has 130 valence electrons. The molecule has 2 atom stereocenters. The lowest BCUT2D eigenvalue weighted by molar-refractivity contribution is 0.0503. The van der Waals surface area contributed by atoms with Crippen molar-refractivity contribution in [2.24, 2.45) is 0 Å². The third-order valence-corrected chi connectivity index (χ3v) is 8.07. The van der Waals surface area contributed by atoms with Crippen molar-refractivity contribution in [3.8, 4) is 0 Å². The molecule has 0 fully saturated rings. The van der Waals surface area contributed by atoms with Gasteiger partial charge in [-0.05, 0) is 38.1 Å². The van der Waals surface area contributed by atoms with Gasteiger partial charge in [0.25, 0.3) is 0 Å². The summed E-state index contributed by atoms with van der Waals surface area (Å²) in [6.07, 6.45) is -1.42. The number of aryl methyl sites for hydroxylation is 2. The Balaban J connectivity index is 1.63. The van der Waals surface area contributed by atoms with E-state index < -0.39 is 12.2 Å². The Morgan fingerprint density at radius 2 is 1.00 bits per heavy atom. The Bertz CT molecular complexity index is 546. The normalized spacial score (nSPS) is 13.7. The van der Waals surface area contributed by atoms with Gasteiger partial charge in [-0.3, -0.25) is 0 Å². The smallest absolute Gasteiger partial charge is 0.0906 e. The Morgan fingerprint density at radius 3 is 1.33 bits per heavy atom. The van der Waals surface area contributed by atoms with E-state index in [9.17, 15) is 10.2 Å². The van der Waals surface area contributed by atoms with E-state index in [1.54, 1.807) is 43.2 Å². The summed E-state index contributed by atoms with van der Waals surface area (Å²) in [6, 6.07) is 16.6. The molecule has 0 saturated carbocycles. The Kier molecular flexibility index (Phi) is 8.94. The highest BCUT2D eigenvalue weighted by Gasteiger charge is 2.17. The molecule has 2 rings (SSSR count). The molecule has 0 unspecified atom stereocenters. The molecule has 2 aromatic rings. The molecular weight excluding hydrogens is 376 g/mol. The Morgan fingerprint density at radius 1 is 0.667 bits per heavy atom. The van der Waals surface area contributed by atoms with Crippen LogP contribution in [0.5, 0.6) is 0 Å². The van der Waals surface area contributed by atoms with E-state index in [-0.39, 0.29) is 0 Å². The number of aliphatic hydroxyl groups is 2. The number of benzene rings is 2. The van der Waals surface area contributed by atoms with E-state index in [0.717, 1.165) is 9.79 Å². The first-order valence-corrected chi connectivity index (χ1v) is 12.3.